The van der Waals surface area contributed by atoms with Crippen LogP contribution in [0.1, 0.15) is 17.3 Å². The van der Waals surface area contributed by atoms with Crippen molar-refractivity contribution in [2.24, 2.45) is 5.73 Å². The summed E-state index contributed by atoms with van der Waals surface area (Å²) in [6.07, 6.45) is 0. The third-order valence-electron chi connectivity index (χ3n) is 3.52. The predicted molar refractivity (Wildman–Crippen MR) is 94.5 cm³/mol. The van der Waals surface area contributed by atoms with E-state index in [2.05, 4.69) is 5.32 Å². The van der Waals surface area contributed by atoms with E-state index >= 15 is 0 Å². The summed E-state index contributed by atoms with van der Waals surface area (Å²) in [5.41, 5.74) is 6.91. The summed E-state index contributed by atoms with van der Waals surface area (Å²) in [5.74, 6) is -0.0598. The van der Waals surface area contributed by atoms with Crippen LogP contribution >= 0.6 is 0 Å². The highest BCUT2D eigenvalue weighted by Crippen LogP contribution is 2.27. The first-order valence-electron chi connectivity index (χ1n) is 7.65. The second-order valence-electron chi connectivity index (χ2n) is 5.12. The third-order valence-corrected chi connectivity index (χ3v) is 3.52. The van der Waals surface area contributed by atoms with Crippen molar-refractivity contribution < 1.29 is 14.3 Å². The molecule has 0 atom stereocenters. The number of hydrogen-bond acceptors (Lipinski definition) is 4. The Hall–Kier alpha value is -3.02. The van der Waals surface area contributed by atoms with Crippen LogP contribution in [0.4, 0.5) is 11.4 Å². The fourth-order valence-corrected chi connectivity index (χ4v) is 2.29. The van der Waals surface area contributed by atoms with Crippen LogP contribution in [0.2, 0.25) is 0 Å². The van der Waals surface area contributed by atoms with Gasteiger partial charge in [0.2, 0.25) is 5.91 Å². The number of rotatable bonds is 7. The molecule has 0 radical (unpaired) electrons. The molecule has 0 aromatic heterocycles. The Morgan fingerprint density at radius 2 is 1.79 bits per heavy atom. The van der Waals surface area contributed by atoms with Crippen LogP contribution in [0.25, 0.3) is 0 Å². The van der Waals surface area contributed by atoms with Crippen molar-refractivity contribution in [3.8, 4) is 5.75 Å². The average Bonchev–Trinajstić information content (AvgIpc) is 2.60. The molecule has 0 spiro atoms. The van der Waals surface area contributed by atoms with E-state index in [1.807, 2.05) is 31.2 Å². The second kappa shape index (κ2) is 8.01. The van der Waals surface area contributed by atoms with E-state index in [4.69, 9.17) is 10.5 Å². The minimum atomic E-state index is -0.541. The molecule has 0 aliphatic heterocycles. The number of benzene rings is 2. The molecular weight excluding hydrogens is 306 g/mol. The Morgan fingerprint density at radius 1 is 1.12 bits per heavy atom. The van der Waals surface area contributed by atoms with E-state index in [-0.39, 0.29) is 12.5 Å². The van der Waals surface area contributed by atoms with Gasteiger partial charge in [0.05, 0.1) is 24.4 Å². The quantitative estimate of drug-likeness (QED) is 0.817. The summed E-state index contributed by atoms with van der Waals surface area (Å²) in [6, 6.07) is 14.2. The van der Waals surface area contributed by atoms with Crippen molar-refractivity contribution in [2.75, 3.05) is 30.4 Å². The maximum atomic E-state index is 12.4. The fourth-order valence-electron chi connectivity index (χ4n) is 2.29. The lowest BCUT2D eigenvalue weighted by Gasteiger charge is -2.21. The van der Waals surface area contributed by atoms with Gasteiger partial charge in [-0.05, 0) is 31.2 Å². The summed E-state index contributed by atoms with van der Waals surface area (Å²) in [7, 11) is 1.68. The molecule has 0 heterocycles. The molecule has 3 N–H and O–H groups in total. The van der Waals surface area contributed by atoms with Crippen LogP contribution in [0, 0.1) is 0 Å². The Balaban J connectivity index is 2.09. The first kappa shape index (κ1) is 17.3. The zero-order valence-electron chi connectivity index (χ0n) is 13.8. The number of ether oxygens (including phenoxy) is 1. The van der Waals surface area contributed by atoms with E-state index in [0.717, 1.165) is 0 Å². The van der Waals surface area contributed by atoms with Crippen molar-refractivity contribution in [1.29, 1.82) is 0 Å². The van der Waals surface area contributed by atoms with E-state index in [1.54, 1.807) is 31.3 Å². The maximum Gasteiger partial charge on any atom is 0.250 e. The molecule has 6 nitrogen and oxygen atoms in total. The minimum absolute atomic E-state index is 0.0290. The smallest absolute Gasteiger partial charge is 0.250 e. The maximum absolute atomic E-state index is 12.4. The molecule has 2 amide bonds. The Kier molecular flexibility index (Phi) is 5.78. The first-order chi connectivity index (χ1) is 11.5. The van der Waals surface area contributed by atoms with Crippen molar-refractivity contribution >= 4 is 23.2 Å². The van der Waals surface area contributed by atoms with Crippen LogP contribution in [0.15, 0.2) is 48.5 Å². The highest BCUT2D eigenvalue weighted by molar-refractivity contribution is 6.00. The Labute approximate surface area is 141 Å². The van der Waals surface area contributed by atoms with E-state index in [0.29, 0.717) is 29.3 Å². The van der Waals surface area contributed by atoms with Crippen molar-refractivity contribution in [1.82, 2.24) is 0 Å². The van der Waals surface area contributed by atoms with Crippen LogP contribution in [-0.4, -0.2) is 32.0 Å². The van der Waals surface area contributed by atoms with Crippen molar-refractivity contribution in [3.63, 3.8) is 0 Å². The molecular formula is C18H21N3O3. The number of nitrogens with zero attached hydrogens (tertiary/aromatic N) is 1. The van der Waals surface area contributed by atoms with Crippen molar-refractivity contribution in [3.05, 3.63) is 54.1 Å². The van der Waals surface area contributed by atoms with Crippen LogP contribution < -0.4 is 20.7 Å². The molecule has 2 aromatic carbocycles. The van der Waals surface area contributed by atoms with Gasteiger partial charge in [-0.15, -0.1) is 0 Å². The number of primary amides is 1. The van der Waals surface area contributed by atoms with E-state index in [1.165, 1.54) is 4.90 Å². The molecule has 2 rings (SSSR count). The zero-order chi connectivity index (χ0) is 17.5. The number of amides is 2. The van der Waals surface area contributed by atoms with Gasteiger partial charge in [0, 0.05) is 12.7 Å². The normalized spacial score (nSPS) is 10.1. The van der Waals surface area contributed by atoms with Crippen LogP contribution in [0.5, 0.6) is 5.75 Å². The van der Waals surface area contributed by atoms with Crippen LogP contribution in [0.3, 0.4) is 0 Å². The monoisotopic (exact) mass is 327 g/mol. The number of carbonyl (C=O) groups is 2. The summed E-state index contributed by atoms with van der Waals surface area (Å²) in [4.78, 5) is 25.4. The van der Waals surface area contributed by atoms with Crippen LogP contribution in [-0.2, 0) is 4.79 Å². The number of nitrogens with one attached hydrogen (secondary N) is 1. The lowest BCUT2D eigenvalue weighted by atomic mass is 10.1. The Morgan fingerprint density at radius 3 is 2.50 bits per heavy atom. The SMILES string of the molecule is CCOc1ccccc1N(C)C(=O)CNc1ccccc1C(N)=O. The van der Waals surface area contributed by atoms with E-state index in [9.17, 15) is 9.59 Å². The van der Waals surface area contributed by atoms with Gasteiger partial charge >= 0.3 is 0 Å². The summed E-state index contributed by atoms with van der Waals surface area (Å²) in [5, 5.41) is 2.96. The number of likely N-dealkylation sites (N-methyl/N-ethyl adjacent to an activating group) is 1. The summed E-state index contributed by atoms with van der Waals surface area (Å²) < 4.78 is 5.55. The van der Waals surface area contributed by atoms with Gasteiger partial charge in [-0.25, -0.2) is 0 Å². The standard InChI is InChI=1S/C18H21N3O3/c1-3-24-16-11-7-6-10-15(16)21(2)17(22)12-20-14-9-5-4-8-13(14)18(19)23/h4-11,20H,3,12H2,1-2H3,(H2,19,23). The molecule has 0 saturated heterocycles. The van der Waals surface area contributed by atoms with E-state index < -0.39 is 5.91 Å². The van der Waals surface area contributed by atoms with Gasteiger partial charge in [0.15, 0.2) is 0 Å². The molecule has 0 saturated carbocycles. The molecule has 0 aliphatic rings. The predicted octanol–water partition coefficient (Wildman–Crippen LogP) is 2.26. The largest absolute Gasteiger partial charge is 0.492 e. The number of hydrogen-bond donors (Lipinski definition) is 2. The number of para-hydroxylation sites is 3. The Bertz CT molecular complexity index is 731. The highest BCUT2D eigenvalue weighted by Gasteiger charge is 2.16. The first-order valence-corrected chi connectivity index (χ1v) is 7.65. The zero-order valence-corrected chi connectivity index (χ0v) is 13.8. The minimum Gasteiger partial charge on any atom is -0.492 e. The van der Waals surface area contributed by atoms with Gasteiger partial charge in [0.1, 0.15) is 5.75 Å². The molecule has 0 bridgehead atoms. The molecule has 0 unspecified atom stereocenters. The molecule has 2 aromatic rings. The molecule has 6 heteroatoms. The molecule has 24 heavy (non-hydrogen) atoms. The average molecular weight is 327 g/mol. The van der Waals surface area contributed by atoms with Crippen molar-refractivity contribution in [2.45, 2.75) is 6.92 Å². The van der Waals surface area contributed by atoms with Gasteiger partial charge in [0.25, 0.3) is 5.91 Å². The fraction of sp³-hybridized carbons (Fsp3) is 0.222. The van der Waals surface area contributed by atoms with Gasteiger partial charge < -0.3 is 20.7 Å². The third kappa shape index (κ3) is 4.04. The number of nitrogens with two attached hydrogens (primary N) is 1. The highest BCUT2D eigenvalue weighted by atomic mass is 16.5. The lowest BCUT2D eigenvalue weighted by molar-refractivity contribution is -0.116. The van der Waals surface area contributed by atoms with Gasteiger partial charge in [-0.3, -0.25) is 9.59 Å². The summed E-state index contributed by atoms with van der Waals surface area (Å²) in [6.45, 7) is 2.44. The molecule has 0 aliphatic carbocycles. The molecule has 126 valence electrons. The van der Waals surface area contributed by atoms with Gasteiger partial charge in [-0.1, -0.05) is 24.3 Å². The summed E-state index contributed by atoms with van der Waals surface area (Å²) >= 11 is 0. The number of anilines is 2. The number of carbonyl (C=O) groups excluding carboxylic acids is 2. The second-order valence-corrected chi connectivity index (χ2v) is 5.12. The van der Waals surface area contributed by atoms with Gasteiger partial charge in [-0.2, -0.15) is 0 Å². The topological polar surface area (TPSA) is 84.7 Å². The molecule has 0 fully saturated rings. The lowest BCUT2D eigenvalue weighted by Crippen LogP contribution is -2.32.